The number of halogens is 2. The van der Waals surface area contributed by atoms with Crippen molar-refractivity contribution in [1.29, 1.82) is 0 Å². The van der Waals surface area contributed by atoms with Crippen LogP contribution in [0.2, 0.25) is 9.49 Å². The van der Waals surface area contributed by atoms with Gasteiger partial charge in [0.15, 0.2) is 9.49 Å². The van der Waals surface area contributed by atoms with Crippen molar-refractivity contribution in [2.24, 2.45) is 0 Å². The second-order valence-corrected chi connectivity index (χ2v) is 6.15. The van der Waals surface area contributed by atoms with Crippen molar-refractivity contribution in [3.63, 3.8) is 0 Å². The number of hydrogen-bond acceptors (Lipinski definition) is 4. The summed E-state index contributed by atoms with van der Waals surface area (Å²) in [5.41, 5.74) is 0. The van der Waals surface area contributed by atoms with E-state index in [1.54, 1.807) is 0 Å². The smallest absolute Gasteiger partial charge is 0.160 e. The van der Waals surface area contributed by atoms with Gasteiger partial charge in [-0.1, -0.05) is 46.8 Å². The highest BCUT2D eigenvalue weighted by molar-refractivity contribution is 8.23. The quantitative estimate of drug-likeness (QED) is 0.575. The fourth-order valence-electron chi connectivity index (χ4n) is 0.475. The first-order chi connectivity index (χ1) is 6.00. The first-order valence-corrected chi connectivity index (χ1v) is 6.01. The lowest BCUT2D eigenvalue weighted by atomic mass is 11.0. The summed E-state index contributed by atoms with van der Waals surface area (Å²) in [6.07, 6.45) is 0. The van der Waals surface area contributed by atoms with Gasteiger partial charge in [-0.2, -0.15) is 0 Å². The second kappa shape index (κ2) is 4.79. The molecule has 0 saturated heterocycles. The van der Waals surface area contributed by atoms with Gasteiger partial charge >= 0.3 is 0 Å². The van der Waals surface area contributed by atoms with Gasteiger partial charge in [0.2, 0.25) is 0 Å². The SMILES string of the molecule is CN(C)C(=S)Sc1nc(Cl)c(Cl)s1. The summed E-state index contributed by atoms with van der Waals surface area (Å²) in [7, 11) is 3.76. The Morgan fingerprint density at radius 3 is 2.54 bits per heavy atom. The Morgan fingerprint density at radius 1 is 1.54 bits per heavy atom. The molecule has 0 atom stereocenters. The van der Waals surface area contributed by atoms with E-state index in [1.807, 2.05) is 19.0 Å². The number of thiocarbonyl (C=S) groups is 1. The maximum Gasteiger partial charge on any atom is 0.160 e. The molecule has 13 heavy (non-hydrogen) atoms. The van der Waals surface area contributed by atoms with Gasteiger partial charge in [-0.05, 0) is 11.8 Å². The lowest BCUT2D eigenvalue weighted by Crippen LogP contribution is -2.15. The zero-order valence-electron chi connectivity index (χ0n) is 6.88. The normalized spacial score (nSPS) is 10.2. The predicted octanol–water partition coefficient (Wildman–Crippen LogP) is 3.39. The molecule has 0 amide bonds. The summed E-state index contributed by atoms with van der Waals surface area (Å²) in [5.74, 6) is 0. The Kier molecular flexibility index (Phi) is 4.25. The minimum Gasteiger partial charge on any atom is -0.363 e. The fraction of sp³-hybridized carbons (Fsp3) is 0.333. The van der Waals surface area contributed by atoms with Crippen molar-refractivity contribution >= 4 is 62.8 Å². The molecule has 0 fully saturated rings. The number of aromatic nitrogens is 1. The molecule has 0 unspecified atom stereocenters. The number of rotatable bonds is 1. The summed E-state index contributed by atoms with van der Waals surface area (Å²) in [6.45, 7) is 0. The van der Waals surface area contributed by atoms with Gasteiger partial charge in [0.25, 0.3) is 0 Å². The molecule has 0 spiro atoms. The van der Waals surface area contributed by atoms with Crippen LogP contribution in [0.25, 0.3) is 0 Å². The molecular weight excluding hydrogens is 267 g/mol. The molecule has 1 aromatic rings. The summed E-state index contributed by atoms with van der Waals surface area (Å²) in [5, 5.41) is 0.343. The molecule has 0 aliphatic rings. The first-order valence-electron chi connectivity index (χ1n) is 3.21. The van der Waals surface area contributed by atoms with E-state index in [0.717, 1.165) is 8.66 Å². The molecular formula is C6H6Cl2N2S3. The van der Waals surface area contributed by atoms with Crippen molar-refractivity contribution in [2.75, 3.05) is 14.1 Å². The van der Waals surface area contributed by atoms with E-state index in [9.17, 15) is 0 Å². The van der Waals surface area contributed by atoms with Crippen LogP contribution in [-0.2, 0) is 0 Å². The summed E-state index contributed by atoms with van der Waals surface area (Å²) in [6, 6.07) is 0. The van der Waals surface area contributed by atoms with E-state index in [1.165, 1.54) is 23.1 Å². The molecule has 72 valence electrons. The summed E-state index contributed by atoms with van der Waals surface area (Å²) in [4.78, 5) is 5.87. The van der Waals surface area contributed by atoms with E-state index in [-0.39, 0.29) is 0 Å². The van der Waals surface area contributed by atoms with Gasteiger partial charge in [0.05, 0.1) is 0 Å². The minimum absolute atomic E-state index is 0.343. The van der Waals surface area contributed by atoms with Crippen molar-refractivity contribution in [3.8, 4) is 0 Å². The molecule has 0 bridgehead atoms. The number of nitrogens with zero attached hydrogens (tertiary/aromatic N) is 2. The largest absolute Gasteiger partial charge is 0.363 e. The van der Waals surface area contributed by atoms with Crippen LogP contribution in [0.5, 0.6) is 0 Å². The van der Waals surface area contributed by atoms with E-state index in [2.05, 4.69) is 4.98 Å². The zero-order valence-corrected chi connectivity index (χ0v) is 10.8. The lowest BCUT2D eigenvalue weighted by Gasteiger charge is -2.10. The molecule has 0 N–H and O–H groups in total. The van der Waals surface area contributed by atoms with Crippen molar-refractivity contribution < 1.29 is 0 Å². The van der Waals surface area contributed by atoms with Crippen LogP contribution >= 0.6 is 58.5 Å². The Bertz CT molecular complexity index is 304. The number of thioether (sulfide) groups is 1. The third-order valence-electron chi connectivity index (χ3n) is 1.07. The molecule has 0 saturated carbocycles. The number of thiazole rings is 1. The van der Waals surface area contributed by atoms with Crippen LogP contribution in [-0.4, -0.2) is 28.3 Å². The molecule has 0 aromatic carbocycles. The van der Waals surface area contributed by atoms with Crippen molar-refractivity contribution in [1.82, 2.24) is 9.88 Å². The molecule has 1 rings (SSSR count). The topological polar surface area (TPSA) is 16.1 Å². The standard InChI is InChI=1S/C6H6Cl2N2S3/c1-10(2)6(11)13-5-9-3(7)4(8)12-5/h1-2H3. The maximum absolute atomic E-state index is 5.75. The van der Waals surface area contributed by atoms with Gasteiger partial charge in [-0.15, -0.1) is 0 Å². The van der Waals surface area contributed by atoms with Crippen LogP contribution in [0.1, 0.15) is 0 Å². The maximum atomic E-state index is 5.75. The average Bonchev–Trinajstić information content (AvgIpc) is 2.31. The minimum atomic E-state index is 0.343. The Balaban J connectivity index is 2.70. The van der Waals surface area contributed by atoms with Crippen LogP contribution in [0.4, 0.5) is 0 Å². The third kappa shape index (κ3) is 3.25. The molecule has 1 heterocycles. The van der Waals surface area contributed by atoms with Gasteiger partial charge < -0.3 is 4.90 Å². The summed E-state index contributed by atoms with van der Waals surface area (Å²) >= 11 is 19.2. The van der Waals surface area contributed by atoms with Crippen LogP contribution in [0.3, 0.4) is 0 Å². The Morgan fingerprint density at radius 2 is 2.15 bits per heavy atom. The summed E-state index contributed by atoms with van der Waals surface area (Å²) < 4.78 is 2.02. The zero-order chi connectivity index (χ0) is 10.0. The fourth-order valence-corrected chi connectivity index (χ4v) is 3.11. The number of hydrogen-bond donors (Lipinski definition) is 0. The van der Waals surface area contributed by atoms with Gasteiger partial charge in [-0.25, -0.2) is 4.98 Å². The highest BCUT2D eigenvalue weighted by Crippen LogP contribution is 2.34. The van der Waals surface area contributed by atoms with Crippen LogP contribution in [0, 0.1) is 0 Å². The van der Waals surface area contributed by atoms with Crippen LogP contribution in [0.15, 0.2) is 4.34 Å². The Hall–Kier alpha value is 0.450. The molecule has 2 nitrogen and oxygen atoms in total. The predicted molar refractivity (Wildman–Crippen MR) is 64.3 cm³/mol. The second-order valence-electron chi connectivity index (χ2n) is 2.31. The van der Waals surface area contributed by atoms with Gasteiger partial charge in [0, 0.05) is 14.1 Å². The van der Waals surface area contributed by atoms with Gasteiger partial charge in [-0.3, -0.25) is 0 Å². The van der Waals surface area contributed by atoms with E-state index in [4.69, 9.17) is 35.4 Å². The van der Waals surface area contributed by atoms with Crippen molar-refractivity contribution in [3.05, 3.63) is 9.49 Å². The molecule has 7 heteroatoms. The highest BCUT2D eigenvalue weighted by Gasteiger charge is 2.10. The Labute approximate surface area is 100 Å². The van der Waals surface area contributed by atoms with E-state index < -0.39 is 0 Å². The van der Waals surface area contributed by atoms with Gasteiger partial charge in [0.1, 0.15) is 8.66 Å². The third-order valence-corrected chi connectivity index (χ3v) is 4.52. The highest BCUT2D eigenvalue weighted by atomic mass is 35.5. The molecule has 0 radical (unpaired) electrons. The van der Waals surface area contributed by atoms with Crippen LogP contribution < -0.4 is 0 Å². The molecule has 0 aliphatic heterocycles. The first kappa shape index (κ1) is 11.5. The average molecular weight is 273 g/mol. The monoisotopic (exact) mass is 272 g/mol. The molecule has 1 aromatic heterocycles. The van der Waals surface area contributed by atoms with E-state index >= 15 is 0 Å². The lowest BCUT2D eigenvalue weighted by molar-refractivity contribution is 0.648. The molecule has 0 aliphatic carbocycles. The van der Waals surface area contributed by atoms with Crippen molar-refractivity contribution in [2.45, 2.75) is 4.34 Å². The van der Waals surface area contributed by atoms with E-state index in [0.29, 0.717) is 9.49 Å².